The molecule has 3 fully saturated rings. The van der Waals surface area contributed by atoms with E-state index in [1.165, 1.54) is 7.05 Å². The molecule has 1 aromatic carbocycles. The number of likely N-dealkylation sites (tertiary alicyclic amines) is 2. The van der Waals surface area contributed by atoms with Crippen LogP contribution in [0.15, 0.2) is 29.8 Å². The highest BCUT2D eigenvalue weighted by molar-refractivity contribution is 6.53. The summed E-state index contributed by atoms with van der Waals surface area (Å²) in [5.74, 6) is -7.00. The summed E-state index contributed by atoms with van der Waals surface area (Å²) >= 11 is 14.1. The molecule has 11 heteroatoms. The highest BCUT2D eigenvalue weighted by Crippen LogP contribution is 2.66. The molecule has 2 aliphatic heterocycles. The zero-order chi connectivity index (χ0) is 26.3. The SMILES string of the molecule is Cc1cccc(C2C3=CCC4C(=O)N(CCC(=O)O)C(=O)C4C3CC3(Cl)C(=O)N(C)C(=O)C23Cl)c1O. The van der Waals surface area contributed by atoms with E-state index >= 15 is 0 Å². The molecule has 36 heavy (non-hydrogen) atoms. The van der Waals surface area contributed by atoms with Crippen molar-refractivity contribution in [2.45, 2.75) is 41.9 Å². The van der Waals surface area contributed by atoms with Gasteiger partial charge < -0.3 is 10.2 Å². The van der Waals surface area contributed by atoms with E-state index in [1.807, 2.05) is 0 Å². The fourth-order valence-corrected chi connectivity index (χ4v) is 7.51. The van der Waals surface area contributed by atoms with Crippen LogP contribution >= 0.6 is 23.2 Å². The molecule has 0 aromatic heterocycles. The van der Waals surface area contributed by atoms with Crippen LogP contribution in [0.4, 0.5) is 0 Å². The van der Waals surface area contributed by atoms with E-state index in [0.717, 1.165) is 9.80 Å². The van der Waals surface area contributed by atoms with E-state index in [1.54, 1.807) is 31.2 Å². The second-order valence-electron chi connectivity index (χ2n) is 9.98. The van der Waals surface area contributed by atoms with Crippen molar-refractivity contribution in [2.24, 2.45) is 17.8 Å². The molecule has 4 amide bonds. The summed E-state index contributed by atoms with van der Waals surface area (Å²) in [4.78, 5) is 62.4. The molecule has 1 saturated carbocycles. The van der Waals surface area contributed by atoms with Crippen LogP contribution < -0.4 is 0 Å². The van der Waals surface area contributed by atoms with Crippen molar-refractivity contribution in [3.05, 3.63) is 41.0 Å². The Balaban J connectivity index is 1.68. The number of hydrogen-bond donors (Lipinski definition) is 2. The lowest BCUT2D eigenvalue weighted by atomic mass is 9.56. The predicted molar refractivity (Wildman–Crippen MR) is 127 cm³/mol. The second kappa shape index (κ2) is 8.05. The first kappa shape index (κ1) is 24.8. The molecule has 2 aliphatic carbocycles. The number of imide groups is 2. The van der Waals surface area contributed by atoms with Crippen molar-refractivity contribution in [3.8, 4) is 5.75 Å². The standard InChI is InChI=1S/C25H24Cl2N2O7/c1-11-4-3-5-14(19(11)32)18-12-6-7-13-17(21(34)29(20(13)33)9-8-16(30)31)15(12)10-24(26)22(35)28(2)23(36)25(18,24)27/h3-6,13,15,17-18,32H,7-10H2,1-2H3,(H,30,31). The van der Waals surface area contributed by atoms with E-state index in [4.69, 9.17) is 28.3 Å². The number of carboxylic acid groups (broad SMARTS) is 1. The molecule has 190 valence electrons. The number of phenols is 1. The van der Waals surface area contributed by atoms with Crippen molar-refractivity contribution in [2.75, 3.05) is 13.6 Å². The number of nitrogens with zero attached hydrogens (tertiary/aromatic N) is 2. The number of aromatic hydroxyl groups is 1. The van der Waals surface area contributed by atoms with Gasteiger partial charge in [-0.15, -0.1) is 23.2 Å². The minimum Gasteiger partial charge on any atom is -0.507 e. The van der Waals surface area contributed by atoms with Gasteiger partial charge in [0, 0.05) is 25.1 Å². The van der Waals surface area contributed by atoms with Gasteiger partial charge in [-0.1, -0.05) is 29.8 Å². The molecular formula is C25H24Cl2N2O7. The van der Waals surface area contributed by atoms with E-state index < -0.39 is 63.0 Å². The van der Waals surface area contributed by atoms with Gasteiger partial charge in [0.15, 0.2) is 9.75 Å². The van der Waals surface area contributed by atoms with Crippen LogP contribution in [0.5, 0.6) is 5.75 Å². The highest BCUT2D eigenvalue weighted by atomic mass is 35.5. The maximum absolute atomic E-state index is 13.5. The summed E-state index contributed by atoms with van der Waals surface area (Å²) in [5.41, 5.74) is 1.41. The van der Waals surface area contributed by atoms with E-state index in [2.05, 4.69) is 0 Å². The fourth-order valence-electron chi connectivity index (χ4n) is 6.50. The molecule has 2 heterocycles. The minimum absolute atomic E-state index is 0.100. The molecule has 2 N–H and O–H groups in total. The van der Waals surface area contributed by atoms with Crippen LogP contribution in [0.3, 0.4) is 0 Å². The molecule has 0 bridgehead atoms. The van der Waals surface area contributed by atoms with E-state index in [9.17, 15) is 29.1 Å². The largest absolute Gasteiger partial charge is 0.507 e. The monoisotopic (exact) mass is 534 g/mol. The number of benzene rings is 1. The van der Waals surface area contributed by atoms with Crippen molar-refractivity contribution in [1.82, 2.24) is 9.80 Å². The number of para-hydroxylation sites is 1. The Labute approximate surface area is 216 Å². The molecule has 5 rings (SSSR count). The maximum Gasteiger partial charge on any atom is 0.305 e. The smallest absolute Gasteiger partial charge is 0.305 e. The number of fused-ring (bicyclic) bond motifs is 4. The number of carbonyl (C=O) groups excluding carboxylic acids is 4. The van der Waals surface area contributed by atoms with Crippen molar-refractivity contribution in [1.29, 1.82) is 0 Å². The molecule has 4 aliphatic rings. The Morgan fingerprint density at radius 3 is 2.47 bits per heavy atom. The molecular weight excluding hydrogens is 511 g/mol. The molecule has 0 spiro atoms. The summed E-state index contributed by atoms with van der Waals surface area (Å²) in [5, 5.41) is 20.1. The van der Waals surface area contributed by atoms with Crippen molar-refractivity contribution in [3.63, 3.8) is 0 Å². The number of aryl methyl sites for hydroxylation is 1. The second-order valence-corrected chi connectivity index (χ2v) is 11.2. The first-order chi connectivity index (χ1) is 16.9. The van der Waals surface area contributed by atoms with Crippen LogP contribution in [-0.2, 0) is 24.0 Å². The summed E-state index contributed by atoms with van der Waals surface area (Å²) < 4.78 is 0. The number of carboxylic acids is 1. The van der Waals surface area contributed by atoms with Gasteiger partial charge in [0.05, 0.1) is 18.3 Å². The molecule has 0 radical (unpaired) electrons. The zero-order valence-corrected chi connectivity index (χ0v) is 21.0. The van der Waals surface area contributed by atoms with Crippen LogP contribution in [0.2, 0.25) is 0 Å². The molecule has 1 aromatic rings. The lowest BCUT2D eigenvalue weighted by Gasteiger charge is -2.50. The maximum atomic E-state index is 13.5. The van der Waals surface area contributed by atoms with Crippen LogP contribution in [0, 0.1) is 24.7 Å². The van der Waals surface area contributed by atoms with Gasteiger partial charge in [-0.2, -0.15) is 0 Å². The Morgan fingerprint density at radius 2 is 1.81 bits per heavy atom. The number of hydrogen-bond acceptors (Lipinski definition) is 6. The quantitative estimate of drug-likeness (QED) is 0.343. The number of halogens is 2. The van der Waals surface area contributed by atoms with Gasteiger partial charge in [0.2, 0.25) is 11.8 Å². The van der Waals surface area contributed by atoms with Gasteiger partial charge in [-0.3, -0.25) is 33.8 Å². The number of aliphatic carboxylic acids is 1. The number of amides is 4. The average molecular weight is 535 g/mol. The molecule has 6 unspecified atom stereocenters. The van der Waals surface area contributed by atoms with Gasteiger partial charge in [0.25, 0.3) is 11.8 Å². The zero-order valence-electron chi connectivity index (χ0n) is 19.5. The molecule has 9 nitrogen and oxygen atoms in total. The Morgan fingerprint density at radius 1 is 1.11 bits per heavy atom. The third kappa shape index (κ3) is 2.99. The topological polar surface area (TPSA) is 132 Å². The van der Waals surface area contributed by atoms with E-state index in [0.29, 0.717) is 16.7 Å². The van der Waals surface area contributed by atoms with Crippen LogP contribution in [-0.4, -0.2) is 73.0 Å². The first-order valence-electron chi connectivity index (χ1n) is 11.6. The summed E-state index contributed by atoms with van der Waals surface area (Å²) in [6.07, 6.45) is 1.40. The lowest BCUT2D eigenvalue weighted by Crippen LogP contribution is -2.60. The Bertz CT molecular complexity index is 1280. The third-order valence-electron chi connectivity index (χ3n) is 8.23. The van der Waals surface area contributed by atoms with Crippen LogP contribution in [0.25, 0.3) is 0 Å². The molecule has 6 atom stereocenters. The number of alkyl halides is 2. The van der Waals surface area contributed by atoms with E-state index in [-0.39, 0.29) is 31.6 Å². The van der Waals surface area contributed by atoms with Crippen molar-refractivity contribution < 1.29 is 34.2 Å². The average Bonchev–Trinajstić information content (AvgIpc) is 3.14. The summed E-state index contributed by atoms with van der Waals surface area (Å²) in [6, 6.07) is 4.99. The fraction of sp³-hybridized carbons (Fsp3) is 0.480. The van der Waals surface area contributed by atoms with Gasteiger partial charge >= 0.3 is 5.97 Å². The normalized spacial score (nSPS) is 35.5. The lowest BCUT2D eigenvalue weighted by molar-refractivity contribution is -0.143. The number of rotatable bonds is 4. The van der Waals surface area contributed by atoms with Crippen LogP contribution in [0.1, 0.15) is 36.3 Å². The van der Waals surface area contributed by atoms with Gasteiger partial charge in [-0.25, -0.2) is 0 Å². The number of allylic oxidation sites excluding steroid dienone is 2. The van der Waals surface area contributed by atoms with Gasteiger partial charge in [0.1, 0.15) is 5.75 Å². The number of carbonyl (C=O) groups is 5. The van der Waals surface area contributed by atoms with Crippen molar-refractivity contribution >= 4 is 52.8 Å². The minimum atomic E-state index is -1.96. The predicted octanol–water partition coefficient (Wildman–Crippen LogP) is 2.16. The molecule has 2 saturated heterocycles. The third-order valence-corrected chi connectivity index (χ3v) is 9.65. The number of phenolic OH excluding ortho intramolecular Hbond substituents is 1. The summed E-state index contributed by atoms with van der Waals surface area (Å²) in [7, 11) is 1.29. The summed E-state index contributed by atoms with van der Waals surface area (Å²) in [6.45, 7) is 1.43. The Hall–Kier alpha value is -2.91. The van der Waals surface area contributed by atoms with Gasteiger partial charge in [-0.05, 0) is 31.2 Å². The highest BCUT2D eigenvalue weighted by Gasteiger charge is 2.76. The first-order valence-corrected chi connectivity index (χ1v) is 12.4. The Kier molecular flexibility index (Phi) is 5.54.